The van der Waals surface area contributed by atoms with E-state index in [2.05, 4.69) is 20.6 Å². The number of hydrogen-bond donors (Lipinski definition) is 3. The summed E-state index contributed by atoms with van der Waals surface area (Å²) in [5, 5.41) is 7.15. The van der Waals surface area contributed by atoms with E-state index < -0.39 is 0 Å². The summed E-state index contributed by atoms with van der Waals surface area (Å²) in [6.45, 7) is 4.74. The van der Waals surface area contributed by atoms with Crippen LogP contribution < -0.4 is 21.1 Å². The van der Waals surface area contributed by atoms with Gasteiger partial charge in [0.05, 0.1) is 35.1 Å². The molecule has 2 aliphatic rings. The number of anilines is 1. The van der Waals surface area contributed by atoms with E-state index in [1.807, 2.05) is 6.92 Å². The number of nitrogen functional groups attached to an aromatic ring is 1. The summed E-state index contributed by atoms with van der Waals surface area (Å²) in [6.07, 6.45) is 3.21. The molecule has 10 heteroatoms. The fourth-order valence-electron chi connectivity index (χ4n) is 3.75. The fourth-order valence-corrected chi connectivity index (χ4v) is 4.31. The molecular weight excluding hydrogens is 439 g/mol. The smallest absolute Gasteiger partial charge is 0.318 e. The number of fused-ring (bicyclic) bond motifs is 1. The van der Waals surface area contributed by atoms with Gasteiger partial charge in [-0.1, -0.05) is 30.1 Å². The number of aromatic nitrogens is 2. The Morgan fingerprint density at radius 2 is 2.10 bits per heavy atom. The van der Waals surface area contributed by atoms with Crippen LogP contribution in [0.2, 0.25) is 10.0 Å². The molecule has 0 saturated heterocycles. The number of urea groups is 1. The summed E-state index contributed by atoms with van der Waals surface area (Å²) in [5.74, 6) is 0.646. The van der Waals surface area contributed by atoms with Crippen LogP contribution in [0.5, 0.6) is 5.75 Å². The summed E-state index contributed by atoms with van der Waals surface area (Å²) in [6, 6.07) is 3.52. The van der Waals surface area contributed by atoms with Crippen molar-refractivity contribution < 1.29 is 9.53 Å². The molecule has 1 aliphatic carbocycles. The predicted octanol–water partition coefficient (Wildman–Crippen LogP) is 3.60. The Bertz CT molecular complexity index is 983. The lowest BCUT2D eigenvalue weighted by Crippen LogP contribution is -2.45. The average molecular weight is 465 g/mol. The normalized spacial score (nSPS) is 15.5. The number of amides is 2. The van der Waals surface area contributed by atoms with Crippen LogP contribution in [0.1, 0.15) is 37.4 Å². The standard InChI is InChI=1S/C21H26Cl2N6O2/c1-2-25-6-7-31-17-9-12(22)8-15(23)18(17)19-14-10-29(11-16(14)27-20(24)28-19)21(30)26-13-4-3-5-13/h8-9,13,25H,2-7,10-11H2,1H3,(H,26,30)(H2,24,27,28). The van der Waals surface area contributed by atoms with E-state index in [1.54, 1.807) is 17.0 Å². The summed E-state index contributed by atoms with van der Waals surface area (Å²) in [7, 11) is 0. The van der Waals surface area contributed by atoms with Crippen molar-refractivity contribution in [3.05, 3.63) is 33.4 Å². The van der Waals surface area contributed by atoms with Crippen molar-refractivity contribution >= 4 is 35.2 Å². The number of rotatable bonds is 7. The third kappa shape index (κ3) is 4.81. The van der Waals surface area contributed by atoms with Gasteiger partial charge in [-0.3, -0.25) is 0 Å². The molecule has 31 heavy (non-hydrogen) atoms. The van der Waals surface area contributed by atoms with Gasteiger partial charge in [0.25, 0.3) is 0 Å². The molecule has 1 fully saturated rings. The second kappa shape index (κ2) is 9.46. The largest absolute Gasteiger partial charge is 0.491 e. The predicted molar refractivity (Wildman–Crippen MR) is 121 cm³/mol. The van der Waals surface area contributed by atoms with Crippen molar-refractivity contribution in [2.45, 2.75) is 45.3 Å². The van der Waals surface area contributed by atoms with E-state index in [9.17, 15) is 4.79 Å². The molecule has 0 bridgehead atoms. The van der Waals surface area contributed by atoms with Gasteiger partial charge in [-0.05, 0) is 37.9 Å². The molecular formula is C21H26Cl2N6O2. The Hall–Kier alpha value is -2.29. The van der Waals surface area contributed by atoms with Crippen molar-refractivity contribution in [1.29, 1.82) is 0 Å². The first kappa shape index (κ1) is 21.9. The van der Waals surface area contributed by atoms with E-state index in [-0.39, 0.29) is 18.0 Å². The van der Waals surface area contributed by atoms with E-state index in [0.717, 1.165) is 37.1 Å². The zero-order valence-electron chi connectivity index (χ0n) is 17.4. The van der Waals surface area contributed by atoms with E-state index in [1.165, 1.54) is 0 Å². The number of carbonyl (C=O) groups excluding carboxylic acids is 1. The maximum Gasteiger partial charge on any atom is 0.318 e. The first-order valence-electron chi connectivity index (χ1n) is 10.5. The van der Waals surface area contributed by atoms with Crippen LogP contribution >= 0.6 is 23.2 Å². The van der Waals surface area contributed by atoms with Crippen molar-refractivity contribution in [3.8, 4) is 17.0 Å². The molecule has 4 N–H and O–H groups in total. The summed E-state index contributed by atoms with van der Waals surface area (Å²) in [4.78, 5) is 23.3. The topological polar surface area (TPSA) is 105 Å². The zero-order chi connectivity index (χ0) is 22.0. The molecule has 1 aliphatic heterocycles. The Morgan fingerprint density at radius 3 is 2.81 bits per heavy atom. The number of nitrogens with two attached hydrogens (primary N) is 1. The number of nitrogens with zero attached hydrogens (tertiary/aromatic N) is 3. The van der Waals surface area contributed by atoms with Crippen LogP contribution in [0.25, 0.3) is 11.3 Å². The zero-order valence-corrected chi connectivity index (χ0v) is 18.9. The molecule has 1 saturated carbocycles. The number of hydrogen-bond acceptors (Lipinski definition) is 6. The molecule has 0 atom stereocenters. The highest BCUT2D eigenvalue weighted by molar-refractivity contribution is 6.37. The number of carbonyl (C=O) groups is 1. The van der Waals surface area contributed by atoms with Gasteiger partial charge < -0.3 is 26.0 Å². The van der Waals surface area contributed by atoms with Gasteiger partial charge >= 0.3 is 6.03 Å². The number of nitrogens with one attached hydrogen (secondary N) is 2. The Morgan fingerprint density at radius 1 is 1.29 bits per heavy atom. The van der Waals surface area contributed by atoms with Gasteiger partial charge in [0, 0.05) is 23.2 Å². The van der Waals surface area contributed by atoms with Crippen LogP contribution in [-0.4, -0.2) is 46.6 Å². The molecule has 1 aromatic heterocycles. The van der Waals surface area contributed by atoms with Crippen LogP contribution in [0.3, 0.4) is 0 Å². The SMILES string of the molecule is CCNCCOc1cc(Cl)cc(Cl)c1-c1nc(N)nc2c1CN(C(=O)NC1CCC1)C2. The molecule has 0 radical (unpaired) electrons. The first-order chi connectivity index (χ1) is 15.0. The van der Waals surface area contributed by atoms with Crippen molar-refractivity contribution in [2.75, 3.05) is 25.4 Å². The number of halogens is 2. The number of likely N-dealkylation sites (N-methyl/N-ethyl adjacent to an activating group) is 1. The lowest BCUT2D eigenvalue weighted by molar-refractivity contribution is 0.186. The summed E-state index contributed by atoms with van der Waals surface area (Å²) >= 11 is 12.8. The molecule has 4 rings (SSSR count). The van der Waals surface area contributed by atoms with Gasteiger partial charge in [0.2, 0.25) is 5.95 Å². The van der Waals surface area contributed by atoms with Crippen LogP contribution in [0.4, 0.5) is 10.7 Å². The third-order valence-corrected chi connectivity index (χ3v) is 6.08. The van der Waals surface area contributed by atoms with E-state index in [0.29, 0.717) is 53.3 Å². The van der Waals surface area contributed by atoms with Gasteiger partial charge in [-0.15, -0.1) is 0 Å². The maximum absolute atomic E-state index is 12.7. The van der Waals surface area contributed by atoms with Crippen LogP contribution in [0.15, 0.2) is 12.1 Å². The highest BCUT2D eigenvalue weighted by atomic mass is 35.5. The Labute approximate surface area is 191 Å². The fraction of sp³-hybridized carbons (Fsp3) is 0.476. The van der Waals surface area contributed by atoms with E-state index in [4.69, 9.17) is 33.7 Å². The van der Waals surface area contributed by atoms with E-state index >= 15 is 0 Å². The minimum absolute atomic E-state index is 0.100. The Balaban J connectivity index is 1.65. The molecule has 8 nitrogen and oxygen atoms in total. The number of benzene rings is 1. The molecule has 0 unspecified atom stereocenters. The quantitative estimate of drug-likeness (QED) is 0.540. The summed E-state index contributed by atoms with van der Waals surface area (Å²) < 4.78 is 5.98. The van der Waals surface area contributed by atoms with Gasteiger partial charge in [0.15, 0.2) is 0 Å². The van der Waals surface area contributed by atoms with Crippen LogP contribution in [0, 0.1) is 0 Å². The van der Waals surface area contributed by atoms with Crippen molar-refractivity contribution in [3.63, 3.8) is 0 Å². The highest BCUT2D eigenvalue weighted by Crippen LogP contribution is 2.42. The lowest BCUT2D eigenvalue weighted by atomic mass is 9.93. The maximum atomic E-state index is 12.7. The highest BCUT2D eigenvalue weighted by Gasteiger charge is 2.32. The molecule has 1 aromatic carbocycles. The van der Waals surface area contributed by atoms with Gasteiger partial charge in [-0.25, -0.2) is 14.8 Å². The Kier molecular flexibility index (Phi) is 6.69. The third-order valence-electron chi connectivity index (χ3n) is 5.56. The molecule has 2 heterocycles. The number of ether oxygens (including phenoxy) is 1. The molecule has 0 spiro atoms. The molecule has 2 amide bonds. The first-order valence-corrected chi connectivity index (χ1v) is 11.3. The van der Waals surface area contributed by atoms with Crippen molar-refractivity contribution in [1.82, 2.24) is 25.5 Å². The second-order valence-electron chi connectivity index (χ2n) is 7.75. The minimum atomic E-state index is -0.100. The molecule has 2 aromatic rings. The monoisotopic (exact) mass is 464 g/mol. The lowest BCUT2D eigenvalue weighted by Gasteiger charge is -2.28. The minimum Gasteiger partial charge on any atom is -0.491 e. The van der Waals surface area contributed by atoms with Crippen molar-refractivity contribution in [2.24, 2.45) is 0 Å². The van der Waals surface area contributed by atoms with Gasteiger partial charge in [0.1, 0.15) is 12.4 Å². The molecule has 166 valence electrons. The summed E-state index contributed by atoms with van der Waals surface area (Å²) in [5.41, 5.74) is 8.72. The van der Waals surface area contributed by atoms with Gasteiger partial charge in [-0.2, -0.15) is 0 Å². The average Bonchev–Trinajstić information content (AvgIpc) is 3.11. The van der Waals surface area contributed by atoms with Crippen LogP contribution in [-0.2, 0) is 13.1 Å². The second-order valence-corrected chi connectivity index (χ2v) is 8.60.